The summed E-state index contributed by atoms with van der Waals surface area (Å²) in [7, 11) is 1.60. The number of anilines is 1. The molecule has 1 saturated heterocycles. The summed E-state index contributed by atoms with van der Waals surface area (Å²) in [5.41, 5.74) is 2.79. The Hall–Kier alpha value is -3.68. The summed E-state index contributed by atoms with van der Waals surface area (Å²) < 4.78 is 11.3. The molecule has 1 atom stereocenters. The monoisotopic (exact) mass is 433 g/mol. The van der Waals surface area contributed by atoms with Crippen molar-refractivity contribution in [1.82, 2.24) is 20.1 Å². The smallest absolute Gasteiger partial charge is 0.263 e. The number of amides is 1. The highest BCUT2D eigenvalue weighted by molar-refractivity contribution is 5.81. The molecule has 166 valence electrons. The van der Waals surface area contributed by atoms with Crippen molar-refractivity contribution in [1.29, 1.82) is 0 Å². The lowest BCUT2D eigenvalue weighted by Gasteiger charge is -2.36. The van der Waals surface area contributed by atoms with Gasteiger partial charge in [0.1, 0.15) is 0 Å². The van der Waals surface area contributed by atoms with Gasteiger partial charge < -0.3 is 19.3 Å². The van der Waals surface area contributed by atoms with Crippen LogP contribution in [0, 0.1) is 6.92 Å². The number of ether oxygens (including phenoxy) is 2. The van der Waals surface area contributed by atoms with Crippen LogP contribution >= 0.6 is 0 Å². The summed E-state index contributed by atoms with van der Waals surface area (Å²) in [5.74, 6) is 1.97. The summed E-state index contributed by atoms with van der Waals surface area (Å²) in [6.45, 7) is 6.33. The van der Waals surface area contributed by atoms with Crippen LogP contribution in [0.15, 0.2) is 54.9 Å². The second-order valence-corrected chi connectivity index (χ2v) is 7.75. The summed E-state index contributed by atoms with van der Waals surface area (Å²) in [6, 6.07) is 13.4. The maximum absolute atomic E-state index is 12.9. The lowest BCUT2D eigenvalue weighted by Crippen LogP contribution is -2.52. The van der Waals surface area contributed by atoms with Gasteiger partial charge in [-0.25, -0.2) is 0 Å². The Morgan fingerprint density at radius 2 is 1.84 bits per heavy atom. The molecule has 0 spiro atoms. The summed E-state index contributed by atoms with van der Waals surface area (Å²) in [6.07, 6.45) is 2.90. The van der Waals surface area contributed by atoms with Crippen molar-refractivity contribution in [2.75, 3.05) is 38.2 Å². The number of carbonyl (C=O) groups excluding carboxylic acids is 1. The second kappa shape index (κ2) is 9.64. The van der Waals surface area contributed by atoms with Gasteiger partial charge in [0.15, 0.2) is 23.4 Å². The van der Waals surface area contributed by atoms with E-state index in [9.17, 15) is 4.79 Å². The van der Waals surface area contributed by atoms with E-state index in [4.69, 9.17) is 9.47 Å². The molecule has 1 aliphatic rings. The number of piperazine rings is 1. The standard InChI is InChI=1S/C24H27N5O3/c1-17-6-8-21(22(15-17)31-3)32-18(2)24(30)29-13-11-28(12-14-29)23-9-7-20(26-27-23)19-5-4-10-25-16-19/h4-10,15-16,18H,11-14H2,1-3H3. The molecule has 2 aromatic heterocycles. The predicted octanol–water partition coefficient (Wildman–Crippen LogP) is 2.97. The van der Waals surface area contributed by atoms with Crippen LogP contribution in [0.25, 0.3) is 11.3 Å². The van der Waals surface area contributed by atoms with E-state index < -0.39 is 6.10 Å². The highest BCUT2D eigenvalue weighted by atomic mass is 16.5. The second-order valence-electron chi connectivity index (χ2n) is 7.75. The Labute approximate surface area is 187 Å². The largest absolute Gasteiger partial charge is 0.493 e. The normalized spacial score (nSPS) is 14.7. The van der Waals surface area contributed by atoms with Gasteiger partial charge in [0, 0.05) is 44.1 Å². The lowest BCUT2D eigenvalue weighted by atomic mass is 10.2. The van der Waals surface area contributed by atoms with Crippen LogP contribution in [0.2, 0.25) is 0 Å². The maximum Gasteiger partial charge on any atom is 0.263 e. The van der Waals surface area contributed by atoms with Gasteiger partial charge in [0.25, 0.3) is 5.91 Å². The highest BCUT2D eigenvalue weighted by Gasteiger charge is 2.27. The fourth-order valence-electron chi connectivity index (χ4n) is 3.69. The third-order valence-corrected chi connectivity index (χ3v) is 5.49. The number of hydrogen-bond acceptors (Lipinski definition) is 7. The van der Waals surface area contributed by atoms with Gasteiger partial charge in [0.05, 0.1) is 12.8 Å². The molecule has 0 radical (unpaired) electrons. The molecule has 3 aromatic rings. The van der Waals surface area contributed by atoms with E-state index >= 15 is 0 Å². The van der Waals surface area contributed by atoms with Gasteiger partial charge in [-0.3, -0.25) is 9.78 Å². The number of carbonyl (C=O) groups is 1. The fourth-order valence-corrected chi connectivity index (χ4v) is 3.69. The molecule has 4 rings (SSSR count). The molecule has 8 heteroatoms. The number of aromatic nitrogens is 3. The van der Waals surface area contributed by atoms with E-state index in [1.165, 1.54) is 0 Å². The summed E-state index contributed by atoms with van der Waals surface area (Å²) in [4.78, 5) is 21.0. The van der Waals surface area contributed by atoms with Crippen molar-refractivity contribution >= 4 is 11.7 Å². The number of benzene rings is 1. The van der Waals surface area contributed by atoms with Crippen LogP contribution < -0.4 is 14.4 Å². The number of rotatable bonds is 6. The Morgan fingerprint density at radius 1 is 1.03 bits per heavy atom. The van der Waals surface area contributed by atoms with Gasteiger partial charge in [0.2, 0.25) is 0 Å². The molecule has 32 heavy (non-hydrogen) atoms. The van der Waals surface area contributed by atoms with E-state index in [2.05, 4.69) is 20.1 Å². The topological polar surface area (TPSA) is 80.7 Å². The average molecular weight is 434 g/mol. The number of methoxy groups -OCH3 is 1. The van der Waals surface area contributed by atoms with Crippen molar-refractivity contribution in [3.05, 3.63) is 60.4 Å². The molecule has 1 aliphatic heterocycles. The van der Waals surface area contributed by atoms with Gasteiger partial charge in [-0.2, -0.15) is 0 Å². The zero-order chi connectivity index (χ0) is 22.5. The molecule has 1 fully saturated rings. The Bertz CT molecular complexity index is 1050. The summed E-state index contributed by atoms with van der Waals surface area (Å²) in [5, 5.41) is 8.70. The highest BCUT2D eigenvalue weighted by Crippen LogP contribution is 2.29. The molecular weight excluding hydrogens is 406 g/mol. The molecular formula is C24H27N5O3. The van der Waals surface area contributed by atoms with Crippen LogP contribution in [-0.2, 0) is 4.79 Å². The Kier molecular flexibility index (Phi) is 6.49. The Morgan fingerprint density at radius 3 is 2.50 bits per heavy atom. The van der Waals surface area contributed by atoms with Crippen LogP contribution in [0.4, 0.5) is 5.82 Å². The van der Waals surface area contributed by atoms with Gasteiger partial charge in [-0.1, -0.05) is 6.07 Å². The van der Waals surface area contributed by atoms with E-state index in [0.29, 0.717) is 37.7 Å². The summed E-state index contributed by atoms with van der Waals surface area (Å²) >= 11 is 0. The molecule has 3 heterocycles. The number of pyridine rings is 1. The van der Waals surface area contributed by atoms with Crippen molar-refractivity contribution in [3.63, 3.8) is 0 Å². The first-order chi connectivity index (χ1) is 15.5. The number of nitrogens with zero attached hydrogens (tertiary/aromatic N) is 5. The Balaban J connectivity index is 1.33. The minimum absolute atomic E-state index is 0.0368. The molecule has 8 nitrogen and oxygen atoms in total. The van der Waals surface area contributed by atoms with Crippen LogP contribution in [0.1, 0.15) is 12.5 Å². The fraction of sp³-hybridized carbons (Fsp3) is 0.333. The SMILES string of the molecule is COc1cc(C)ccc1OC(C)C(=O)N1CCN(c2ccc(-c3cccnc3)nn2)CC1. The van der Waals surface area contributed by atoms with E-state index in [-0.39, 0.29) is 5.91 Å². The predicted molar refractivity (Wildman–Crippen MR) is 122 cm³/mol. The molecule has 0 bridgehead atoms. The first-order valence-electron chi connectivity index (χ1n) is 10.6. The minimum atomic E-state index is -0.600. The quantitative estimate of drug-likeness (QED) is 0.591. The van der Waals surface area contributed by atoms with Crippen molar-refractivity contribution in [2.45, 2.75) is 20.0 Å². The average Bonchev–Trinajstić information content (AvgIpc) is 2.85. The zero-order valence-electron chi connectivity index (χ0n) is 18.6. The molecule has 1 unspecified atom stereocenters. The van der Waals surface area contributed by atoms with Gasteiger partial charge in [-0.15, -0.1) is 10.2 Å². The van der Waals surface area contributed by atoms with Crippen LogP contribution in [0.3, 0.4) is 0 Å². The molecule has 0 aliphatic carbocycles. The van der Waals surface area contributed by atoms with Crippen LogP contribution in [-0.4, -0.2) is 65.4 Å². The van der Waals surface area contributed by atoms with Crippen LogP contribution in [0.5, 0.6) is 11.5 Å². The molecule has 1 aromatic carbocycles. The van der Waals surface area contributed by atoms with Crippen molar-refractivity contribution < 1.29 is 14.3 Å². The third-order valence-electron chi connectivity index (χ3n) is 5.49. The third kappa shape index (κ3) is 4.80. The van der Waals surface area contributed by atoms with Crippen molar-refractivity contribution in [3.8, 4) is 22.8 Å². The van der Waals surface area contributed by atoms with Gasteiger partial charge in [-0.05, 0) is 55.8 Å². The lowest BCUT2D eigenvalue weighted by molar-refractivity contribution is -0.138. The van der Waals surface area contributed by atoms with E-state index in [1.807, 2.05) is 54.3 Å². The zero-order valence-corrected chi connectivity index (χ0v) is 18.6. The molecule has 0 saturated carbocycles. The maximum atomic E-state index is 12.9. The first kappa shape index (κ1) is 21.5. The number of hydrogen-bond donors (Lipinski definition) is 0. The molecule has 0 N–H and O–H groups in total. The van der Waals surface area contributed by atoms with E-state index in [1.54, 1.807) is 26.4 Å². The van der Waals surface area contributed by atoms with E-state index in [0.717, 1.165) is 22.6 Å². The number of aryl methyl sites for hydroxylation is 1. The van der Waals surface area contributed by atoms with Crippen molar-refractivity contribution in [2.24, 2.45) is 0 Å². The minimum Gasteiger partial charge on any atom is -0.493 e. The molecule has 1 amide bonds. The first-order valence-corrected chi connectivity index (χ1v) is 10.6. The van der Waals surface area contributed by atoms with Gasteiger partial charge >= 0.3 is 0 Å².